The minimum absolute atomic E-state index is 0. The zero-order valence-corrected chi connectivity index (χ0v) is 16.4. The summed E-state index contributed by atoms with van der Waals surface area (Å²) in [6.07, 6.45) is 6.17. The van der Waals surface area contributed by atoms with Crippen molar-refractivity contribution >= 4 is 30.7 Å². The maximum absolute atomic E-state index is 12.3. The molecule has 1 saturated heterocycles. The summed E-state index contributed by atoms with van der Waals surface area (Å²) in [7, 11) is 0. The molecule has 0 atom stereocenters. The number of amides is 1. The highest BCUT2D eigenvalue weighted by atomic mass is 35.5. The number of piperidine rings is 1. The Morgan fingerprint density at radius 2 is 1.72 bits per heavy atom. The molecule has 0 radical (unpaired) electrons. The van der Waals surface area contributed by atoms with Gasteiger partial charge in [0.1, 0.15) is 0 Å². The Morgan fingerprint density at radius 1 is 1.12 bits per heavy atom. The lowest BCUT2D eigenvalue weighted by molar-refractivity contribution is -0.126. The molecular formula is C19H31Cl2N3O. The van der Waals surface area contributed by atoms with Crippen molar-refractivity contribution < 1.29 is 4.79 Å². The van der Waals surface area contributed by atoms with Crippen LogP contribution in [0, 0.1) is 5.92 Å². The van der Waals surface area contributed by atoms with E-state index in [1.807, 2.05) is 0 Å². The van der Waals surface area contributed by atoms with E-state index in [0.717, 1.165) is 64.7 Å². The predicted molar refractivity (Wildman–Crippen MR) is 107 cm³/mol. The number of hydrogen-bond acceptors (Lipinski definition) is 3. The highest BCUT2D eigenvalue weighted by molar-refractivity contribution is 5.86. The second-order valence-electron chi connectivity index (χ2n) is 7.28. The first kappa shape index (κ1) is 22.2. The number of nitrogens with zero attached hydrogens (tertiary/aromatic N) is 1. The number of rotatable bonds is 5. The van der Waals surface area contributed by atoms with E-state index < -0.39 is 5.54 Å². The maximum Gasteiger partial charge on any atom is 0.240 e. The molecule has 0 unspecified atom stereocenters. The molecular weight excluding hydrogens is 357 g/mol. The minimum atomic E-state index is -0.589. The molecule has 1 amide bonds. The number of carbonyl (C=O) groups excluding carboxylic acids is 1. The molecule has 2 fully saturated rings. The normalized spacial score (nSPS) is 20.4. The predicted octanol–water partition coefficient (Wildman–Crippen LogP) is 3.13. The van der Waals surface area contributed by atoms with Gasteiger partial charge in [0, 0.05) is 13.1 Å². The van der Waals surface area contributed by atoms with Gasteiger partial charge in [-0.3, -0.25) is 9.69 Å². The van der Waals surface area contributed by atoms with Gasteiger partial charge in [-0.2, -0.15) is 0 Å². The van der Waals surface area contributed by atoms with Crippen LogP contribution in [0.25, 0.3) is 0 Å². The molecule has 6 heteroatoms. The zero-order valence-electron chi connectivity index (χ0n) is 14.8. The van der Waals surface area contributed by atoms with Gasteiger partial charge in [0.15, 0.2) is 0 Å². The van der Waals surface area contributed by atoms with Crippen LogP contribution < -0.4 is 11.1 Å². The molecule has 3 rings (SSSR count). The number of carbonyl (C=O) groups is 1. The second-order valence-corrected chi connectivity index (χ2v) is 7.28. The fourth-order valence-electron chi connectivity index (χ4n) is 3.84. The lowest BCUT2D eigenvalue weighted by atomic mass is 9.94. The van der Waals surface area contributed by atoms with Crippen molar-refractivity contribution in [1.82, 2.24) is 10.2 Å². The van der Waals surface area contributed by atoms with Gasteiger partial charge in [-0.25, -0.2) is 0 Å². The van der Waals surface area contributed by atoms with E-state index in [9.17, 15) is 4.79 Å². The molecule has 4 nitrogen and oxygen atoms in total. The average Bonchev–Trinajstić information content (AvgIpc) is 3.03. The second kappa shape index (κ2) is 10.4. The van der Waals surface area contributed by atoms with Gasteiger partial charge in [0.2, 0.25) is 5.91 Å². The van der Waals surface area contributed by atoms with Crippen LogP contribution in [0.5, 0.6) is 0 Å². The monoisotopic (exact) mass is 387 g/mol. The van der Waals surface area contributed by atoms with Crippen molar-refractivity contribution in [3.8, 4) is 0 Å². The maximum atomic E-state index is 12.3. The van der Waals surface area contributed by atoms with E-state index in [1.165, 1.54) is 5.56 Å². The van der Waals surface area contributed by atoms with Crippen LogP contribution in [-0.2, 0) is 11.3 Å². The molecule has 142 valence electrons. The Balaban J connectivity index is 0.00000156. The number of likely N-dealkylation sites (tertiary alicyclic amines) is 1. The molecule has 1 saturated carbocycles. The molecule has 0 aromatic heterocycles. The van der Waals surface area contributed by atoms with Crippen molar-refractivity contribution in [2.75, 3.05) is 19.6 Å². The van der Waals surface area contributed by atoms with E-state index in [2.05, 4.69) is 40.5 Å². The lowest BCUT2D eigenvalue weighted by Gasteiger charge is -2.32. The third-order valence-corrected chi connectivity index (χ3v) is 5.46. The molecule has 3 N–H and O–H groups in total. The first-order valence-electron chi connectivity index (χ1n) is 8.99. The summed E-state index contributed by atoms with van der Waals surface area (Å²) in [6.45, 7) is 4.05. The Bertz CT molecular complexity index is 513. The zero-order chi connectivity index (χ0) is 16.1. The van der Waals surface area contributed by atoms with Gasteiger partial charge in [-0.15, -0.1) is 24.8 Å². The van der Waals surface area contributed by atoms with E-state index in [4.69, 9.17) is 5.73 Å². The number of benzene rings is 1. The van der Waals surface area contributed by atoms with Gasteiger partial charge >= 0.3 is 0 Å². The first-order valence-corrected chi connectivity index (χ1v) is 8.99. The molecule has 2 aliphatic rings. The van der Waals surface area contributed by atoms with Crippen molar-refractivity contribution in [2.24, 2.45) is 11.7 Å². The molecule has 0 spiro atoms. The largest absolute Gasteiger partial charge is 0.354 e. The lowest BCUT2D eigenvalue weighted by Crippen LogP contribution is -2.53. The molecule has 25 heavy (non-hydrogen) atoms. The van der Waals surface area contributed by atoms with E-state index >= 15 is 0 Å². The molecule has 1 aliphatic carbocycles. The number of nitrogens with one attached hydrogen (secondary N) is 1. The Labute approximate surface area is 163 Å². The van der Waals surface area contributed by atoms with E-state index in [-0.39, 0.29) is 30.7 Å². The van der Waals surface area contributed by atoms with Crippen LogP contribution in [0.3, 0.4) is 0 Å². The van der Waals surface area contributed by atoms with Gasteiger partial charge in [0.05, 0.1) is 5.54 Å². The summed E-state index contributed by atoms with van der Waals surface area (Å²) in [5.74, 6) is 0.665. The third-order valence-electron chi connectivity index (χ3n) is 5.46. The summed E-state index contributed by atoms with van der Waals surface area (Å²) in [5, 5.41) is 3.12. The summed E-state index contributed by atoms with van der Waals surface area (Å²) in [5.41, 5.74) is 7.00. The van der Waals surface area contributed by atoms with Crippen LogP contribution in [0.15, 0.2) is 30.3 Å². The van der Waals surface area contributed by atoms with Gasteiger partial charge in [-0.05, 0) is 50.3 Å². The number of hydrogen-bond donors (Lipinski definition) is 2. The Hall–Kier alpha value is -0.810. The number of nitrogens with two attached hydrogens (primary N) is 1. The summed E-state index contributed by atoms with van der Waals surface area (Å²) >= 11 is 0. The van der Waals surface area contributed by atoms with Crippen molar-refractivity contribution in [2.45, 2.75) is 50.6 Å². The molecule has 1 aliphatic heterocycles. The van der Waals surface area contributed by atoms with Crippen molar-refractivity contribution in [3.63, 3.8) is 0 Å². The van der Waals surface area contributed by atoms with Crippen LogP contribution in [0.1, 0.15) is 44.1 Å². The fourth-order valence-corrected chi connectivity index (χ4v) is 3.84. The molecule has 1 aromatic rings. The van der Waals surface area contributed by atoms with Crippen molar-refractivity contribution in [1.29, 1.82) is 0 Å². The molecule has 1 heterocycles. The standard InChI is InChI=1S/C19H29N3O.2ClH/c20-19(10-4-5-11-19)18(23)21-14-16-8-12-22(13-9-16)15-17-6-2-1-3-7-17;;/h1-3,6-7,16H,4-5,8-15,20H2,(H,21,23);2*1H. The fraction of sp³-hybridized carbons (Fsp3) is 0.632. The smallest absolute Gasteiger partial charge is 0.240 e. The quantitative estimate of drug-likeness (QED) is 0.815. The number of halogens is 2. The topological polar surface area (TPSA) is 58.4 Å². The highest BCUT2D eigenvalue weighted by Crippen LogP contribution is 2.27. The van der Waals surface area contributed by atoms with Crippen LogP contribution in [-0.4, -0.2) is 36.0 Å². The Morgan fingerprint density at radius 3 is 2.32 bits per heavy atom. The molecule has 1 aromatic carbocycles. The van der Waals surface area contributed by atoms with Gasteiger partial charge in [0.25, 0.3) is 0 Å². The van der Waals surface area contributed by atoms with E-state index in [1.54, 1.807) is 0 Å². The summed E-state index contributed by atoms with van der Waals surface area (Å²) in [4.78, 5) is 14.8. The van der Waals surface area contributed by atoms with Crippen LogP contribution in [0.2, 0.25) is 0 Å². The average molecular weight is 388 g/mol. The van der Waals surface area contributed by atoms with Gasteiger partial charge in [-0.1, -0.05) is 43.2 Å². The SMILES string of the molecule is Cl.Cl.NC1(C(=O)NCC2CCN(Cc3ccccc3)CC2)CCCC1. The van der Waals surface area contributed by atoms with E-state index in [0.29, 0.717) is 5.92 Å². The van der Waals surface area contributed by atoms with Gasteiger partial charge < -0.3 is 11.1 Å². The summed E-state index contributed by atoms with van der Waals surface area (Å²) < 4.78 is 0. The van der Waals surface area contributed by atoms with Crippen LogP contribution in [0.4, 0.5) is 0 Å². The van der Waals surface area contributed by atoms with Crippen LogP contribution >= 0.6 is 24.8 Å². The Kier molecular flexibility index (Phi) is 9.22. The molecule has 0 bridgehead atoms. The van der Waals surface area contributed by atoms with Crippen molar-refractivity contribution in [3.05, 3.63) is 35.9 Å². The third kappa shape index (κ3) is 6.14. The minimum Gasteiger partial charge on any atom is -0.354 e. The first-order chi connectivity index (χ1) is 11.2. The summed E-state index contributed by atoms with van der Waals surface area (Å²) in [6, 6.07) is 10.6. The highest BCUT2D eigenvalue weighted by Gasteiger charge is 2.37.